The third kappa shape index (κ3) is 3.68. The Kier molecular flexibility index (Phi) is 4.35. The van der Waals surface area contributed by atoms with Crippen LogP contribution in [-0.4, -0.2) is 32.6 Å². The predicted octanol–water partition coefficient (Wildman–Crippen LogP) is 0.998. The van der Waals surface area contributed by atoms with E-state index in [1.165, 1.54) is 11.3 Å². The van der Waals surface area contributed by atoms with Crippen molar-refractivity contribution >= 4 is 22.4 Å². The van der Waals surface area contributed by atoms with Gasteiger partial charge in [-0.1, -0.05) is 11.3 Å². The molecule has 2 aromatic rings. The highest BCUT2D eigenvalue weighted by Gasteiger charge is 2.12. The topological polar surface area (TPSA) is 92.7 Å². The van der Waals surface area contributed by atoms with Gasteiger partial charge in [-0.25, -0.2) is 0 Å². The van der Waals surface area contributed by atoms with Gasteiger partial charge >= 0.3 is 0 Å². The van der Waals surface area contributed by atoms with Crippen LogP contribution in [0, 0.1) is 6.92 Å². The first-order valence-electron chi connectivity index (χ1n) is 5.82. The van der Waals surface area contributed by atoms with Crippen LogP contribution in [0.15, 0.2) is 12.4 Å². The molecule has 0 atom stereocenters. The molecule has 7 nitrogen and oxygen atoms in total. The number of amides is 1. The smallest absolute Gasteiger partial charge is 0.282 e. The Morgan fingerprint density at radius 2 is 2.16 bits per heavy atom. The molecule has 2 aromatic heterocycles. The number of hydrogen-bond donors (Lipinski definition) is 2. The number of hydrogen-bond acceptors (Lipinski definition) is 7. The molecule has 0 aliphatic rings. The lowest BCUT2D eigenvalue weighted by molar-refractivity contribution is 0.0949. The van der Waals surface area contributed by atoms with Crippen molar-refractivity contribution in [1.82, 2.24) is 25.5 Å². The Balaban J connectivity index is 1.91. The molecule has 0 fully saturated rings. The van der Waals surface area contributed by atoms with Gasteiger partial charge in [0.05, 0.1) is 24.1 Å². The maximum absolute atomic E-state index is 11.8. The Hall–Kier alpha value is -2.09. The Bertz CT molecular complexity index is 553. The van der Waals surface area contributed by atoms with E-state index < -0.39 is 0 Å². The SMILES string of the molecule is CCNc1nnc(C(=O)NCc2cnc(C)cn2)s1. The average Bonchev–Trinajstić information content (AvgIpc) is 2.87. The van der Waals surface area contributed by atoms with Crippen molar-refractivity contribution in [1.29, 1.82) is 0 Å². The van der Waals surface area contributed by atoms with Gasteiger partial charge in [-0.05, 0) is 13.8 Å². The molecule has 8 heteroatoms. The van der Waals surface area contributed by atoms with Crippen LogP contribution < -0.4 is 10.6 Å². The molecule has 2 rings (SSSR count). The second-order valence-corrected chi connectivity index (χ2v) is 4.75. The zero-order valence-electron chi connectivity index (χ0n) is 10.7. The first kappa shape index (κ1) is 13.3. The highest BCUT2D eigenvalue weighted by atomic mass is 32.1. The fraction of sp³-hybridized carbons (Fsp3) is 0.364. The molecule has 0 aromatic carbocycles. The lowest BCUT2D eigenvalue weighted by atomic mass is 10.4. The molecule has 0 unspecified atom stereocenters. The number of carbonyl (C=O) groups is 1. The number of aromatic nitrogens is 4. The minimum atomic E-state index is -0.260. The molecular formula is C11H14N6OS. The highest BCUT2D eigenvalue weighted by Crippen LogP contribution is 2.14. The zero-order chi connectivity index (χ0) is 13.7. The molecule has 0 bridgehead atoms. The zero-order valence-corrected chi connectivity index (χ0v) is 11.5. The van der Waals surface area contributed by atoms with Crippen LogP contribution in [0.1, 0.15) is 28.1 Å². The average molecular weight is 278 g/mol. The van der Waals surface area contributed by atoms with Gasteiger partial charge in [0.2, 0.25) is 10.1 Å². The highest BCUT2D eigenvalue weighted by molar-refractivity contribution is 7.17. The van der Waals surface area contributed by atoms with Crippen molar-refractivity contribution < 1.29 is 4.79 Å². The van der Waals surface area contributed by atoms with Crippen LogP contribution in [0.2, 0.25) is 0 Å². The number of anilines is 1. The van der Waals surface area contributed by atoms with Crippen molar-refractivity contribution in [3.05, 3.63) is 28.8 Å². The van der Waals surface area contributed by atoms with Crippen LogP contribution >= 0.6 is 11.3 Å². The number of nitrogens with zero attached hydrogens (tertiary/aromatic N) is 4. The summed E-state index contributed by atoms with van der Waals surface area (Å²) >= 11 is 1.22. The van der Waals surface area contributed by atoms with Crippen molar-refractivity contribution in [2.45, 2.75) is 20.4 Å². The summed E-state index contributed by atoms with van der Waals surface area (Å²) in [5.41, 5.74) is 1.55. The summed E-state index contributed by atoms with van der Waals surface area (Å²) < 4.78 is 0. The molecule has 0 saturated heterocycles. The summed E-state index contributed by atoms with van der Waals surface area (Å²) in [5, 5.41) is 14.4. The second kappa shape index (κ2) is 6.19. The normalized spacial score (nSPS) is 10.2. The van der Waals surface area contributed by atoms with E-state index >= 15 is 0 Å². The van der Waals surface area contributed by atoms with Crippen molar-refractivity contribution in [2.75, 3.05) is 11.9 Å². The molecule has 19 heavy (non-hydrogen) atoms. The molecule has 0 aliphatic carbocycles. The van der Waals surface area contributed by atoms with E-state index in [4.69, 9.17) is 0 Å². The fourth-order valence-corrected chi connectivity index (χ4v) is 2.02. The minimum Gasteiger partial charge on any atom is -0.360 e. The maximum atomic E-state index is 11.8. The van der Waals surface area contributed by atoms with Crippen molar-refractivity contribution in [3.8, 4) is 0 Å². The summed E-state index contributed by atoms with van der Waals surface area (Å²) in [6, 6.07) is 0. The van der Waals surface area contributed by atoms with E-state index in [2.05, 4.69) is 30.8 Å². The van der Waals surface area contributed by atoms with Gasteiger partial charge in [0.1, 0.15) is 0 Å². The first-order valence-corrected chi connectivity index (χ1v) is 6.63. The number of rotatable bonds is 5. The van der Waals surface area contributed by atoms with Crippen molar-refractivity contribution in [3.63, 3.8) is 0 Å². The summed E-state index contributed by atoms with van der Waals surface area (Å²) in [6.07, 6.45) is 3.30. The van der Waals surface area contributed by atoms with E-state index in [1.54, 1.807) is 12.4 Å². The molecule has 1 amide bonds. The Morgan fingerprint density at radius 1 is 1.32 bits per heavy atom. The fourth-order valence-electron chi connectivity index (χ4n) is 1.29. The molecule has 0 saturated carbocycles. The molecule has 2 heterocycles. The van der Waals surface area contributed by atoms with E-state index in [1.807, 2.05) is 13.8 Å². The number of aryl methyl sites for hydroxylation is 1. The molecule has 100 valence electrons. The lowest BCUT2D eigenvalue weighted by Gasteiger charge is -2.01. The largest absolute Gasteiger partial charge is 0.360 e. The van der Waals surface area contributed by atoms with Crippen LogP contribution in [0.5, 0.6) is 0 Å². The monoisotopic (exact) mass is 278 g/mol. The molecule has 0 aliphatic heterocycles. The summed E-state index contributed by atoms with van der Waals surface area (Å²) in [5.74, 6) is -0.260. The first-order chi connectivity index (χ1) is 9.19. The quantitative estimate of drug-likeness (QED) is 0.847. The van der Waals surface area contributed by atoms with Crippen LogP contribution in [0.3, 0.4) is 0 Å². The summed E-state index contributed by atoms with van der Waals surface area (Å²) in [6.45, 7) is 4.88. The molecule has 0 radical (unpaired) electrons. The van der Waals surface area contributed by atoms with Gasteiger partial charge < -0.3 is 10.6 Å². The predicted molar refractivity (Wildman–Crippen MR) is 72.0 cm³/mol. The van der Waals surface area contributed by atoms with E-state index in [0.29, 0.717) is 22.4 Å². The second-order valence-electron chi connectivity index (χ2n) is 3.77. The van der Waals surface area contributed by atoms with Gasteiger partial charge in [0, 0.05) is 12.7 Å². The number of nitrogens with one attached hydrogen (secondary N) is 2. The van der Waals surface area contributed by atoms with Gasteiger partial charge in [-0.3, -0.25) is 14.8 Å². The van der Waals surface area contributed by atoms with Gasteiger partial charge in [0.15, 0.2) is 0 Å². The Labute approximate surface area is 114 Å². The van der Waals surface area contributed by atoms with Gasteiger partial charge in [-0.2, -0.15) is 0 Å². The van der Waals surface area contributed by atoms with E-state index in [-0.39, 0.29) is 5.91 Å². The van der Waals surface area contributed by atoms with Crippen LogP contribution in [0.4, 0.5) is 5.13 Å². The Morgan fingerprint density at radius 3 is 2.84 bits per heavy atom. The summed E-state index contributed by atoms with van der Waals surface area (Å²) in [7, 11) is 0. The van der Waals surface area contributed by atoms with E-state index in [0.717, 1.165) is 12.2 Å². The lowest BCUT2D eigenvalue weighted by Crippen LogP contribution is -2.23. The number of carbonyl (C=O) groups excluding carboxylic acids is 1. The third-order valence-electron chi connectivity index (χ3n) is 2.21. The van der Waals surface area contributed by atoms with Crippen molar-refractivity contribution in [2.24, 2.45) is 0 Å². The van der Waals surface area contributed by atoms with Gasteiger partial charge in [0.25, 0.3) is 5.91 Å². The maximum Gasteiger partial charge on any atom is 0.282 e. The van der Waals surface area contributed by atoms with Crippen LogP contribution in [0.25, 0.3) is 0 Å². The third-order valence-corrected chi connectivity index (χ3v) is 3.09. The molecule has 0 spiro atoms. The van der Waals surface area contributed by atoms with Crippen LogP contribution in [-0.2, 0) is 6.54 Å². The molecular weight excluding hydrogens is 264 g/mol. The van der Waals surface area contributed by atoms with Gasteiger partial charge in [-0.15, -0.1) is 10.2 Å². The summed E-state index contributed by atoms with van der Waals surface area (Å²) in [4.78, 5) is 20.1. The standard InChI is InChI=1S/C11H14N6OS/c1-3-12-11-17-16-10(19-11)9(18)15-6-8-5-13-7(2)4-14-8/h4-5H,3,6H2,1-2H3,(H,12,17)(H,15,18). The molecule has 2 N–H and O–H groups in total. The minimum absolute atomic E-state index is 0.260. The van der Waals surface area contributed by atoms with E-state index in [9.17, 15) is 4.79 Å².